The second-order valence-electron chi connectivity index (χ2n) is 6.55. The average Bonchev–Trinajstić information content (AvgIpc) is 2.87. The minimum atomic E-state index is -0.0112. The maximum atomic E-state index is 11.9. The molecule has 0 spiro atoms. The summed E-state index contributed by atoms with van der Waals surface area (Å²) in [5, 5.41) is 4.00. The summed E-state index contributed by atoms with van der Waals surface area (Å²) in [6.07, 6.45) is 5.01. The van der Waals surface area contributed by atoms with Crippen molar-refractivity contribution in [2.24, 2.45) is 0 Å². The Hall–Kier alpha value is -1.69. The smallest absolute Gasteiger partial charge is 0.229 e. The van der Waals surface area contributed by atoms with Crippen molar-refractivity contribution >= 4 is 29.2 Å². The first-order chi connectivity index (χ1) is 11.5. The summed E-state index contributed by atoms with van der Waals surface area (Å²) >= 11 is 6.22. The number of rotatable bonds is 4. The number of anilines is 1. The zero-order valence-corrected chi connectivity index (χ0v) is 14.9. The first-order valence-corrected chi connectivity index (χ1v) is 9.01. The highest BCUT2D eigenvalue weighted by atomic mass is 35.5. The van der Waals surface area contributed by atoms with Gasteiger partial charge in [0.25, 0.3) is 0 Å². The van der Waals surface area contributed by atoms with Crippen LogP contribution in [0.15, 0.2) is 0 Å². The molecule has 0 radical (unpaired) electrons. The number of halogens is 1. The number of carbonyl (C=O) groups excluding carboxylic acids is 2. The molecule has 2 heterocycles. The number of imide groups is 1. The van der Waals surface area contributed by atoms with Gasteiger partial charge in [-0.15, -0.1) is 0 Å². The van der Waals surface area contributed by atoms with E-state index in [4.69, 9.17) is 11.6 Å². The molecule has 1 saturated heterocycles. The van der Waals surface area contributed by atoms with Crippen LogP contribution in [0, 0.1) is 6.92 Å². The molecule has 0 aromatic carbocycles. The Labute approximate surface area is 147 Å². The number of aromatic nitrogens is 2. The van der Waals surface area contributed by atoms with Gasteiger partial charge < -0.3 is 5.32 Å². The number of amides is 2. The fourth-order valence-electron chi connectivity index (χ4n) is 3.67. The third kappa shape index (κ3) is 3.38. The highest BCUT2D eigenvalue weighted by molar-refractivity contribution is 6.30. The Morgan fingerprint density at radius 3 is 2.33 bits per heavy atom. The van der Waals surface area contributed by atoms with Crippen molar-refractivity contribution in [1.29, 1.82) is 0 Å². The fraction of sp³-hybridized carbons (Fsp3) is 0.647. The van der Waals surface area contributed by atoms with Gasteiger partial charge in [0.05, 0.1) is 0 Å². The number of hydrogen-bond acceptors (Lipinski definition) is 5. The zero-order valence-electron chi connectivity index (χ0n) is 14.1. The molecule has 2 aliphatic rings. The summed E-state index contributed by atoms with van der Waals surface area (Å²) in [4.78, 5) is 34.0. The van der Waals surface area contributed by atoms with Crippen molar-refractivity contribution in [3.63, 3.8) is 0 Å². The lowest BCUT2D eigenvalue weighted by molar-refractivity contribution is -0.141. The average molecular weight is 351 g/mol. The molecule has 24 heavy (non-hydrogen) atoms. The first kappa shape index (κ1) is 17.1. The minimum absolute atomic E-state index is 0.0112. The van der Waals surface area contributed by atoms with Crippen molar-refractivity contribution in [3.05, 3.63) is 16.5 Å². The summed E-state index contributed by atoms with van der Waals surface area (Å²) in [5.74, 6) is 1.44. The maximum Gasteiger partial charge on any atom is 0.229 e. The van der Waals surface area contributed by atoms with Crippen LogP contribution in [0.1, 0.15) is 56.8 Å². The van der Waals surface area contributed by atoms with E-state index in [1.54, 1.807) is 0 Å². The van der Waals surface area contributed by atoms with E-state index in [2.05, 4.69) is 15.3 Å². The Kier molecular flexibility index (Phi) is 5.04. The van der Waals surface area contributed by atoms with Crippen molar-refractivity contribution in [2.45, 2.75) is 70.9 Å². The van der Waals surface area contributed by atoms with E-state index in [-0.39, 0.29) is 23.9 Å². The van der Waals surface area contributed by atoms with E-state index >= 15 is 0 Å². The molecule has 0 bridgehead atoms. The van der Waals surface area contributed by atoms with Gasteiger partial charge in [-0.05, 0) is 39.0 Å². The topological polar surface area (TPSA) is 75.2 Å². The molecule has 2 amide bonds. The number of aryl methyl sites for hydroxylation is 1. The van der Waals surface area contributed by atoms with Gasteiger partial charge in [0, 0.05) is 30.5 Å². The van der Waals surface area contributed by atoms with Crippen LogP contribution in [0.2, 0.25) is 5.15 Å². The summed E-state index contributed by atoms with van der Waals surface area (Å²) < 4.78 is 0. The summed E-state index contributed by atoms with van der Waals surface area (Å²) in [6.45, 7) is 3.87. The van der Waals surface area contributed by atoms with Gasteiger partial charge in [0.2, 0.25) is 11.8 Å². The van der Waals surface area contributed by atoms with Gasteiger partial charge in [-0.2, -0.15) is 0 Å². The molecule has 6 nitrogen and oxygen atoms in total. The van der Waals surface area contributed by atoms with E-state index in [1.807, 2.05) is 13.8 Å². The molecule has 1 saturated carbocycles. The van der Waals surface area contributed by atoms with Crippen LogP contribution in [-0.2, 0) is 16.0 Å². The van der Waals surface area contributed by atoms with Gasteiger partial charge in [-0.3, -0.25) is 14.5 Å². The van der Waals surface area contributed by atoms with Crippen LogP contribution in [-0.4, -0.2) is 38.8 Å². The normalized spacial score (nSPS) is 24.5. The van der Waals surface area contributed by atoms with Gasteiger partial charge in [-0.25, -0.2) is 9.97 Å². The largest absolute Gasteiger partial charge is 0.367 e. The van der Waals surface area contributed by atoms with Crippen LogP contribution in [0.4, 0.5) is 5.82 Å². The Bertz CT molecular complexity index is 640. The highest BCUT2D eigenvalue weighted by Gasteiger charge is 2.36. The van der Waals surface area contributed by atoms with Gasteiger partial charge in [0.1, 0.15) is 16.8 Å². The van der Waals surface area contributed by atoms with Crippen LogP contribution >= 0.6 is 11.6 Å². The molecule has 1 aromatic heterocycles. The fourth-order valence-corrected chi connectivity index (χ4v) is 4.01. The van der Waals surface area contributed by atoms with Gasteiger partial charge in [-0.1, -0.05) is 18.5 Å². The summed E-state index contributed by atoms with van der Waals surface area (Å²) in [5.41, 5.74) is 0.939. The molecule has 1 N–H and O–H groups in total. The third-order valence-corrected chi connectivity index (χ3v) is 5.23. The van der Waals surface area contributed by atoms with Crippen molar-refractivity contribution in [2.75, 3.05) is 5.32 Å². The van der Waals surface area contributed by atoms with Crippen molar-refractivity contribution in [3.8, 4) is 0 Å². The van der Waals surface area contributed by atoms with Gasteiger partial charge >= 0.3 is 0 Å². The molecular formula is C17H23ClN4O2. The Balaban J connectivity index is 1.64. The molecule has 1 aliphatic carbocycles. The number of hydrogen-bond donors (Lipinski definition) is 1. The Morgan fingerprint density at radius 2 is 1.75 bits per heavy atom. The van der Waals surface area contributed by atoms with Gasteiger partial charge in [0.15, 0.2) is 0 Å². The van der Waals surface area contributed by atoms with Crippen LogP contribution < -0.4 is 5.32 Å². The van der Waals surface area contributed by atoms with Crippen molar-refractivity contribution in [1.82, 2.24) is 14.9 Å². The lowest BCUT2D eigenvalue weighted by Crippen LogP contribution is -2.43. The molecule has 3 rings (SSSR count). The van der Waals surface area contributed by atoms with Crippen LogP contribution in [0.25, 0.3) is 0 Å². The first-order valence-electron chi connectivity index (χ1n) is 8.64. The summed E-state index contributed by atoms with van der Waals surface area (Å²) in [6, 6.07) is 0.344. The monoisotopic (exact) mass is 350 g/mol. The Morgan fingerprint density at radius 1 is 1.12 bits per heavy atom. The lowest BCUT2D eigenvalue weighted by atomic mass is 9.90. The second-order valence-corrected chi connectivity index (χ2v) is 6.91. The highest BCUT2D eigenvalue weighted by Crippen LogP contribution is 2.30. The number of nitrogens with one attached hydrogen (secondary N) is 1. The van der Waals surface area contributed by atoms with E-state index in [0.29, 0.717) is 23.8 Å². The van der Waals surface area contributed by atoms with E-state index in [9.17, 15) is 9.59 Å². The molecule has 0 atom stereocenters. The number of nitrogens with zero attached hydrogens (tertiary/aromatic N) is 3. The zero-order chi connectivity index (χ0) is 17.3. The van der Waals surface area contributed by atoms with E-state index < -0.39 is 0 Å². The molecule has 130 valence electrons. The SMILES string of the molecule is CCc1c(Cl)nc(C)nc1NC1CCC(N2C(=O)CCC2=O)CC1. The molecule has 1 aromatic rings. The number of carbonyl (C=O) groups is 2. The molecular weight excluding hydrogens is 328 g/mol. The predicted molar refractivity (Wildman–Crippen MR) is 91.9 cm³/mol. The molecule has 2 fully saturated rings. The van der Waals surface area contributed by atoms with E-state index in [1.165, 1.54) is 4.90 Å². The predicted octanol–water partition coefficient (Wildman–Crippen LogP) is 2.87. The number of likely N-dealkylation sites (tertiary alicyclic amines) is 1. The van der Waals surface area contributed by atoms with Crippen LogP contribution in [0.3, 0.4) is 0 Å². The molecule has 0 unspecified atom stereocenters. The third-order valence-electron chi connectivity index (χ3n) is 4.91. The molecule has 7 heteroatoms. The van der Waals surface area contributed by atoms with E-state index in [0.717, 1.165) is 43.5 Å². The van der Waals surface area contributed by atoms with Crippen LogP contribution in [0.5, 0.6) is 0 Å². The molecule has 1 aliphatic heterocycles. The quantitative estimate of drug-likeness (QED) is 0.667. The lowest BCUT2D eigenvalue weighted by Gasteiger charge is -2.34. The summed E-state index contributed by atoms with van der Waals surface area (Å²) in [7, 11) is 0. The minimum Gasteiger partial charge on any atom is -0.367 e. The second kappa shape index (κ2) is 7.05. The standard InChI is InChI=1S/C17H23ClN4O2/c1-3-13-16(18)19-10(2)20-17(13)21-11-4-6-12(7-5-11)22-14(23)8-9-15(22)24/h11-12H,3-9H2,1-2H3,(H,19,20,21). The van der Waals surface area contributed by atoms with Crippen molar-refractivity contribution < 1.29 is 9.59 Å². The maximum absolute atomic E-state index is 11.9.